The Balaban J connectivity index is 2.52. The number of anilines is 2. The Labute approximate surface area is 147 Å². The minimum atomic E-state index is -0.587. The predicted octanol–water partition coefficient (Wildman–Crippen LogP) is 3.05. The van der Waals surface area contributed by atoms with Crippen LogP contribution in [0.25, 0.3) is 0 Å². The van der Waals surface area contributed by atoms with Crippen LogP contribution in [0.5, 0.6) is 0 Å². The van der Waals surface area contributed by atoms with Gasteiger partial charge in [-0.2, -0.15) is 0 Å². The second-order valence-corrected chi connectivity index (χ2v) is 6.26. The summed E-state index contributed by atoms with van der Waals surface area (Å²) in [6.45, 7) is 7.17. The fourth-order valence-electron chi connectivity index (χ4n) is 1.83. The highest BCUT2D eigenvalue weighted by atomic mass is 16.6. The number of benzene rings is 1. The quantitative estimate of drug-likeness (QED) is 0.689. The van der Waals surface area contributed by atoms with E-state index in [9.17, 15) is 14.4 Å². The molecular formula is C18H25N3O4. The monoisotopic (exact) mass is 347 g/mol. The van der Waals surface area contributed by atoms with E-state index >= 15 is 0 Å². The summed E-state index contributed by atoms with van der Waals surface area (Å²) in [5.74, 6) is -0.570. The molecule has 0 radical (unpaired) electrons. The van der Waals surface area contributed by atoms with Gasteiger partial charge in [-0.25, -0.2) is 4.79 Å². The molecule has 0 saturated heterocycles. The average Bonchev–Trinajstić information content (AvgIpc) is 2.47. The highest BCUT2D eigenvalue weighted by Crippen LogP contribution is 2.21. The van der Waals surface area contributed by atoms with Crippen molar-refractivity contribution in [3.8, 4) is 0 Å². The van der Waals surface area contributed by atoms with Gasteiger partial charge in [-0.1, -0.05) is 18.2 Å². The number of alkyl carbamates (subject to hydrolysis) is 1. The minimum absolute atomic E-state index is 0.0797. The van der Waals surface area contributed by atoms with Crippen LogP contribution in [-0.2, 0) is 14.3 Å². The van der Waals surface area contributed by atoms with Gasteiger partial charge in [0.15, 0.2) is 0 Å². The van der Waals surface area contributed by atoms with Crippen molar-refractivity contribution in [2.75, 3.05) is 17.2 Å². The smallest absolute Gasteiger partial charge is 0.407 e. The lowest BCUT2D eigenvalue weighted by Gasteiger charge is -2.19. The molecule has 0 fully saturated rings. The summed E-state index contributed by atoms with van der Waals surface area (Å²) in [5, 5.41) is 7.92. The van der Waals surface area contributed by atoms with Crippen LogP contribution in [0.15, 0.2) is 36.4 Å². The minimum Gasteiger partial charge on any atom is -0.444 e. The third kappa shape index (κ3) is 8.55. The van der Waals surface area contributed by atoms with Crippen LogP contribution in [0.2, 0.25) is 0 Å². The van der Waals surface area contributed by atoms with Crippen LogP contribution in [0.1, 0.15) is 34.1 Å². The van der Waals surface area contributed by atoms with Gasteiger partial charge in [-0.15, -0.1) is 0 Å². The number of allylic oxidation sites excluding steroid dienone is 1. The predicted molar refractivity (Wildman–Crippen MR) is 97.4 cm³/mol. The van der Waals surface area contributed by atoms with E-state index in [0.29, 0.717) is 11.4 Å². The fourth-order valence-corrected chi connectivity index (χ4v) is 1.83. The Morgan fingerprint density at radius 3 is 2.24 bits per heavy atom. The molecule has 0 bridgehead atoms. The summed E-state index contributed by atoms with van der Waals surface area (Å²) >= 11 is 0. The number of carbonyl (C=O) groups excluding carboxylic acids is 3. The number of amides is 3. The van der Waals surface area contributed by atoms with E-state index in [1.807, 2.05) is 0 Å². The van der Waals surface area contributed by atoms with Gasteiger partial charge < -0.3 is 20.7 Å². The normalized spacial score (nSPS) is 11.0. The van der Waals surface area contributed by atoms with Crippen molar-refractivity contribution in [1.82, 2.24) is 5.32 Å². The molecule has 0 aromatic heterocycles. The summed E-state index contributed by atoms with van der Waals surface area (Å²) in [6, 6.07) is 6.88. The zero-order chi connectivity index (χ0) is 18.9. The van der Waals surface area contributed by atoms with Gasteiger partial charge >= 0.3 is 6.09 Å². The van der Waals surface area contributed by atoms with E-state index in [1.165, 1.54) is 6.08 Å². The van der Waals surface area contributed by atoms with Crippen LogP contribution in [0.3, 0.4) is 0 Å². The first-order valence-electron chi connectivity index (χ1n) is 8.00. The SMILES string of the molecule is C/C=C/C(=O)Nc1ccccc1NC(=O)CCNC(=O)OC(C)(C)C. The van der Waals surface area contributed by atoms with Gasteiger partial charge in [0.25, 0.3) is 0 Å². The largest absolute Gasteiger partial charge is 0.444 e. The molecule has 0 heterocycles. The average molecular weight is 347 g/mol. The summed E-state index contributed by atoms with van der Waals surface area (Å²) in [4.78, 5) is 35.2. The maximum absolute atomic E-state index is 12.0. The van der Waals surface area contributed by atoms with E-state index in [1.54, 1.807) is 58.0 Å². The molecular weight excluding hydrogens is 322 g/mol. The standard InChI is InChI=1S/C18H25N3O4/c1-5-8-15(22)20-13-9-6-7-10-14(13)21-16(23)11-12-19-17(24)25-18(2,3)4/h5-10H,11-12H2,1-4H3,(H,19,24)(H,20,22)(H,21,23)/b8-5+. The summed E-state index contributed by atoms with van der Waals surface area (Å²) in [7, 11) is 0. The molecule has 7 heteroatoms. The number of carbonyl (C=O) groups is 3. The summed E-state index contributed by atoms with van der Waals surface area (Å²) in [5.41, 5.74) is 0.401. The number of hydrogen-bond donors (Lipinski definition) is 3. The second-order valence-electron chi connectivity index (χ2n) is 6.26. The Hall–Kier alpha value is -2.83. The van der Waals surface area contributed by atoms with Crippen molar-refractivity contribution >= 4 is 29.3 Å². The molecule has 0 aliphatic carbocycles. The van der Waals surface area contributed by atoms with E-state index in [0.717, 1.165) is 0 Å². The molecule has 3 amide bonds. The zero-order valence-electron chi connectivity index (χ0n) is 15.0. The van der Waals surface area contributed by atoms with Crippen LogP contribution >= 0.6 is 0 Å². The summed E-state index contributed by atoms with van der Waals surface area (Å²) < 4.78 is 5.09. The summed E-state index contributed by atoms with van der Waals surface area (Å²) in [6.07, 6.45) is 2.53. The van der Waals surface area contributed by atoms with E-state index in [2.05, 4.69) is 16.0 Å². The van der Waals surface area contributed by atoms with Crippen molar-refractivity contribution in [2.24, 2.45) is 0 Å². The number of para-hydroxylation sites is 2. The molecule has 0 spiro atoms. The molecule has 0 aliphatic heterocycles. The highest BCUT2D eigenvalue weighted by Gasteiger charge is 2.16. The molecule has 1 aromatic rings. The number of hydrogen-bond acceptors (Lipinski definition) is 4. The van der Waals surface area contributed by atoms with E-state index in [4.69, 9.17) is 4.74 Å². The number of rotatable bonds is 6. The molecule has 0 atom stereocenters. The maximum Gasteiger partial charge on any atom is 0.407 e. The Kier molecular flexibility index (Phi) is 7.65. The molecule has 25 heavy (non-hydrogen) atoms. The number of nitrogens with one attached hydrogen (secondary N) is 3. The lowest BCUT2D eigenvalue weighted by molar-refractivity contribution is -0.116. The molecule has 0 unspecified atom stereocenters. The lowest BCUT2D eigenvalue weighted by atomic mass is 10.2. The first kappa shape index (κ1) is 20.2. The topological polar surface area (TPSA) is 96.5 Å². The van der Waals surface area contributed by atoms with E-state index < -0.39 is 11.7 Å². The van der Waals surface area contributed by atoms with Gasteiger partial charge in [-0.05, 0) is 45.9 Å². The molecule has 136 valence electrons. The molecule has 1 aromatic carbocycles. The van der Waals surface area contributed by atoms with Gasteiger partial charge in [0.1, 0.15) is 5.60 Å². The van der Waals surface area contributed by atoms with Gasteiger partial charge in [0.2, 0.25) is 11.8 Å². The zero-order valence-corrected chi connectivity index (χ0v) is 15.0. The molecule has 3 N–H and O–H groups in total. The molecule has 0 saturated carbocycles. The van der Waals surface area contributed by atoms with Gasteiger partial charge in [-0.3, -0.25) is 9.59 Å². The van der Waals surface area contributed by atoms with Crippen LogP contribution in [0.4, 0.5) is 16.2 Å². The van der Waals surface area contributed by atoms with Gasteiger partial charge in [0, 0.05) is 13.0 Å². The van der Waals surface area contributed by atoms with Crippen molar-refractivity contribution in [3.05, 3.63) is 36.4 Å². The van der Waals surface area contributed by atoms with Crippen LogP contribution in [-0.4, -0.2) is 30.1 Å². The second kappa shape index (κ2) is 9.46. The first-order valence-corrected chi connectivity index (χ1v) is 8.00. The third-order valence-corrected chi connectivity index (χ3v) is 2.80. The van der Waals surface area contributed by atoms with E-state index in [-0.39, 0.29) is 24.8 Å². The Morgan fingerprint density at radius 1 is 1.08 bits per heavy atom. The molecule has 7 nitrogen and oxygen atoms in total. The Morgan fingerprint density at radius 2 is 1.68 bits per heavy atom. The lowest BCUT2D eigenvalue weighted by Crippen LogP contribution is -2.34. The van der Waals surface area contributed by atoms with Crippen LogP contribution < -0.4 is 16.0 Å². The molecule has 1 rings (SSSR count). The first-order chi connectivity index (χ1) is 11.7. The maximum atomic E-state index is 12.0. The van der Waals surface area contributed by atoms with Crippen molar-refractivity contribution in [3.63, 3.8) is 0 Å². The van der Waals surface area contributed by atoms with Crippen molar-refractivity contribution < 1.29 is 19.1 Å². The third-order valence-electron chi connectivity index (χ3n) is 2.80. The van der Waals surface area contributed by atoms with Crippen molar-refractivity contribution in [1.29, 1.82) is 0 Å². The highest BCUT2D eigenvalue weighted by molar-refractivity contribution is 6.03. The van der Waals surface area contributed by atoms with Gasteiger partial charge in [0.05, 0.1) is 11.4 Å². The van der Waals surface area contributed by atoms with Crippen LogP contribution in [0, 0.1) is 0 Å². The fraction of sp³-hybridized carbons (Fsp3) is 0.389. The Bertz CT molecular complexity index is 648. The molecule has 0 aliphatic rings. The van der Waals surface area contributed by atoms with Crippen molar-refractivity contribution in [2.45, 2.75) is 39.7 Å². The number of ether oxygens (including phenoxy) is 1.